The van der Waals surface area contributed by atoms with E-state index in [4.69, 9.17) is 0 Å². The zero-order chi connectivity index (χ0) is 19.6. The van der Waals surface area contributed by atoms with E-state index in [2.05, 4.69) is 83.7 Å². The summed E-state index contributed by atoms with van der Waals surface area (Å²) < 4.78 is 0. The Balaban J connectivity index is 0.00000240. The van der Waals surface area contributed by atoms with E-state index < -0.39 is 0 Å². The molecule has 2 aromatic carbocycles. The lowest BCUT2D eigenvalue weighted by Crippen LogP contribution is -2.35. The number of H-pyrrole nitrogens is 1. The molecule has 4 rings (SSSR count). The average molecular weight is 411 g/mol. The molecule has 3 aromatic rings. The SMILES string of the molecule is Cc1cc(-c2nc[nH]n2)ccc1-c1cccc(CNC2CCC(C)(C)CC2)c1.Cl. The molecule has 0 atom stereocenters. The van der Waals surface area contributed by atoms with E-state index >= 15 is 0 Å². The number of hydrogen-bond donors (Lipinski definition) is 2. The third-order valence-corrected chi connectivity index (χ3v) is 6.07. The number of benzene rings is 2. The van der Waals surface area contributed by atoms with E-state index in [0.717, 1.165) is 17.9 Å². The molecule has 0 unspecified atom stereocenters. The van der Waals surface area contributed by atoms with Gasteiger partial charge in [0.25, 0.3) is 0 Å². The molecule has 0 saturated heterocycles. The lowest BCUT2D eigenvalue weighted by Gasteiger charge is -2.34. The molecule has 29 heavy (non-hydrogen) atoms. The van der Waals surface area contributed by atoms with Crippen LogP contribution in [0.3, 0.4) is 0 Å². The van der Waals surface area contributed by atoms with Gasteiger partial charge in [0.2, 0.25) is 0 Å². The number of halogens is 1. The fraction of sp³-hybridized carbons (Fsp3) is 0.417. The number of rotatable bonds is 5. The molecular formula is C24H31ClN4. The quantitative estimate of drug-likeness (QED) is 0.548. The van der Waals surface area contributed by atoms with Crippen molar-refractivity contribution >= 4 is 12.4 Å². The lowest BCUT2D eigenvalue weighted by molar-refractivity contribution is 0.206. The van der Waals surface area contributed by atoms with E-state index in [-0.39, 0.29) is 12.4 Å². The number of nitrogens with zero attached hydrogens (tertiary/aromatic N) is 2. The normalized spacial score (nSPS) is 16.4. The molecule has 1 heterocycles. The van der Waals surface area contributed by atoms with E-state index in [1.165, 1.54) is 47.9 Å². The zero-order valence-electron chi connectivity index (χ0n) is 17.5. The van der Waals surface area contributed by atoms with Crippen LogP contribution in [0.15, 0.2) is 48.8 Å². The third kappa shape index (κ3) is 5.26. The highest BCUT2D eigenvalue weighted by Gasteiger charge is 2.26. The van der Waals surface area contributed by atoms with Crippen LogP contribution in [0.25, 0.3) is 22.5 Å². The third-order valence-electron chi connectivity index (χ3n) is 6.07. The minimum absolute atomic E-state index is 0. The van der Waals surface area contributed by atoms with Gasteiger partial charge < -0.3 is 5.32 Å². The number of aromatic nitrogens is 3. The molecule has 5 heteroatoms. The summed E-state index contributed by atoms with van der Waals surface area (Å²) in [6, 6.07) is 16.0. The number of nitrogens with one attached hydrogen (secondary N) is 2. The molecule has 1 saturated carbocycles. The first-order valence-corrected chi connectivity index (χ1v) is 10.3. The van der Waals surface area contributed by atoms with Crippen LogP contribution >= 0.6 is 12.4 Å². The first-order chi connectivity index (χ1) is 13.5. The van der Waals surface area contributed by atoms with Crippen LogP contribution in [0, 0.1) is 12.3 Å². The van der Waals surface area contributed by atoms with Gasteiger partial charge in [-0.05, 0) is 72.4 Å². The van der Waals surface area contributed by atoms with Gasteiger partial charge in [0.05, 0.1) is 0 Å². The molecule has 0 radical (unpaired) electrons. The lowest BCUT2D eigenvalue weighted by atomic mass is 9.75. The Morgan fingerprint density at radius 2 is 1.86 bits per heavy atom. The standard InChI is InChI=1S/C24H30N4.ClH/c1-17-13-20(23-26-16-27-28-23)7-8-22(17)19-6-4-5-18(14-19)15-25-21-9-11-24(2,3)12-10-21;/h4-8,13-14,16,21,25H,9-12,15H2,1-3H3,(H,26,27,28);1H. The molecule has 0 spiro atoms. The van der Waals surface area contributed by atoms with Crippen LogP contribution in [-0.2, 0) is 6.54 Å². The molecule has 0 aliphatic heterocycles. The van der Waals surface area contributed by atoms with Gasteiger partial charge in [-0.1, -0.05) is 44.2 Å². The van der Waals surface area contributed by atoms with Crippen LogP contribution in [0.5, 0.6) is 0 Å². The minimum atomic E-state index is 0. The summed E-state index contributed by atoms with van der Waals surface area (Å²) in [5.74, 6) is 0.739. The predicted octanol–water partition coefficient (Wildman–Crippen LogP) is 5.93. The van der Waals surface area contributed by atoms with Gasteiger partial charge in [0.1, 0.15) is 6.33 Å². The Kier molecular flexibility index (Phi) is 6.76. The van der Waals surface area contributed by atoms with E-state index in [0.29, 0.717) is 11.5 Å². The van der Waals surface area contributed by atoms with Crippen molar-refractivity contribution in [3.05, 3.63) is 59.9 Å². The summed E-state index contributed by atoms with van der Waals surface area (Å²) in [4.78, 5) is 4.25. The van der Waals surface area contributed by atoms with Crippen LogP contribution in [0.1, 0.15) is 50.7 Å². The van der Waals surface area contributed by atoms with Crippen LogP contribution in [0.4, 0.5) is 0 Å². The Hall–Kier alpha value is -2.17. The molecule has 1 aliphatic rings. The molecule has 0 bridgehead atoms. The highest BCUT2D eigenvalue weighted by Crippen LogP contribution is 2.35. The van der Waals surface area contributed by atoms with Crippen molar-refractivity contribution in [3.63, 3.8) is 0 Å². The highest BCUT2D eigenvalue weighted by molar-refractivity contribution is 5.85. The van der Waals surface area contributed by atoms with Crippen molar-refractivity contribution in [1.82, 2.24) is 20.5 Å². The zero-order valence-corrected chi connectivity index (χ0v) is 18.4. The average Bonchev–Trinajstić information content (AvgIpc) is 3.22. The van der Waals surface area contributed by atoms with Gasteiger partial charge in [-0.2, -0.15) is 5.10 Å². The summed E-state index contributed by atoms with van der Waals surface area (Å²) in [7, 11) is 0. The smallest absolute Gasteiger partial charge is 0.180 e. The second-order valence-electron chi connectivity index (χ2n) is 8.87. The largest absolute Gasteiger partial charge is 0.310 e. The van der Waals surface area contributed by atoms with Crippen LogP contribution in [-0.4, -0.2) is 21.2 Å². The molecule has 1 aliphatic carbocycles. The minimum Gasteiger partial charge on any atom is -0.310 e. The van der Waals surface area contributed by atoms with Gasteiger partial charge in [-0.3, -0.25) is 5.10 Å². The van der Waals surface area contributed by atoms with Gasteiger partial charge in [0, 0.05) is 18.2 Å². The Bertz CT molecular complexity index is 924. The second-order valence-corrected chi connectivity index (χ2v) is 8.87. The maximum atomic E-state index is 4.25. The first kappa shape index (κ1) is 21.5. The number of aromatic amines is 1. The highest BCUT2D eigenvalue weighted by atomic mass is 35.5. The monoisotopic (exact) mass is 410 g/mol. The summed E-state index contributed by atoms with van der Waals surface area (Å²) in [5.41, 5.74) is 6.68. The topological polar surface area (TPSA) is 53.6 Å². The van der Waals surface area contributed by atoms with Gasteiger partial charge >= 0.3 is 0 Å². The van der Waals surface area contributed by atoms with E-state index in [1.807, 2.05) is 0 Å². The maximum Gasteiger partial charge on any atom is 0.180 e. The first-order valence-electron chi connectivity index (χ1n) is 10.3. The van der Waals surface area contributed by atoms with Crippen molar-refractivity contribution in [2.24, 2.45) is 5.41 Å². The van der Waals surface area contributed by atoms with E-state index in [9.17, 15) is 0 Å². The molecule has 1 fully saturated rings. The van der Waals surface area contributed by atoms with Crippen molar-refractivity contribution in [2.75, 3.05) is 0 Å². The van der Waals surface area contributed by atoms with Crippen molar-refractivity contribution in [3.8, 4) is 22.5 Å². The Labute approximate surface area is 180 Å². The molecule has 2 N–H and O–H groups in total. The van der Waals surface area contributed by atoms with Crippen LogP contribution < -0.4 is 5.32 Å². The van der Waals surface area contributed by atoms with Crippen molar-refractivity contribution in [2.45, 2.75) is 59.0 Å². The molecule has 154 valence electrons. The summed E-state index contributed by atoms with van der Waals surface area (Å²) >= 11 is 0. The van der Waals surface area contributed by atoms with Gasteiger partial charge in [-0.25, -0.2) is 4.98 Å². The van der Waals surface area contributed by atoms with Crippen LogP contribution in [0.2, 0.25) is 0 Å². The number of aryl methyl sites for hydroxylation is 1. The summed E-state index contributed by atoms with van der Waals surface area (Å²) in [6.45, 7) is 7.87. The van der Waals surface area contributed by atoms with Crippen molar-refractivity contribution < 1.29 is 0 Å². The molecule has 0 amide bonds. The molecule has 4 nitrogen and oxygen atoms in total. The fourth-order valence-electron chi connectivity index (χ4n) is 4.19. The summed E-state index contributed by atoms with van der Waals surface area (Å²) in [5, 5.41) is 10.7. The molecule has 1 aromatic heterocycles. The fourth-order valence-corrected chi connectivity index (χ4v) is 4.19. The Morgan fingerprint density at radius 1 is 1.07 bits per heavy atom. The van der Waals surface area contributed by atoms with Gasteiger partial charge in [0.15, 0.2) is 5.82 Å². The summed E-state index contributed by atoms with van der Waals surface area (Å²) in [6.07, 6.45) is 6.83. The Morgan fingerprint density at radius 3 is 2.55 bits per heavy atom. The van der Waals surface area contributed by atoms with Crippen molar-refractivity contribution in [1.29, 1.82) is 0 Å². The molecular weight excluding hydrogens is 380 g/mol. The number of hydrogen-bond acceptors (Lipinski definition) is 3. The van der Waals surface area contributed by atoms with E-state index in [1.54, 1.807) is 6.33 Å². The van der Waals surface area contributed by atoms with Gasteiger partial charge in [-0.15, -0.1) is 12.4 Å². The predicted molar refractivity (Wildman–Crippen MR) is 122 cm³/mol. The second kappa shape index (κ2) is 9.10. The maximum absolute atomic E-state index is 4.25.